The zero-order valence-electron chi connectivity index (χ0n) is 19.5. The van der Waals surface area contributed by atoms with Gasteiger partial charge in [0.15, 0.2) is 0 Å². The average Bonchev–Trinajstić information content (AvgIpc) is 3.13. The molecular weight excluding hydrogens is 422 g/mol. The van der Waals surface area contributed by atoms with E-state index in [0.717, 1.165) is 64.5 Å². The lowest BCUT2D eigenvalue weighted by Gasteiger charge is -2.36. The van der Waals surface area contributed by atoms with Crippen molar-refractivity contribution in [3.8, 4) is 11.4 Å². The quantitative estimate of drug-likeness (QED) is 0.469. The molecule has 2 aromatic heterocycles. The Bertz CT molecular complexity index is 1380. The second-order valence-electron chi connectivity index (χ2n) is 9.68. The van der Waals surface area contributed by atoms with Gasteiger partial charge >= 0.3 is 0 Å². The summed E-state index contributed by atoms with van der Waals surface area (Å²) in [7, 11) is 4.27. The van der Waals surface area contributed by atoms with Crippen molar-refractivity contribution in [3.05, 3.63) is 84.1 Å². The van der Waals surface area contributed by atoms with Crippen molar-refractivity contribution < 1.29 is 4.59 Å². The Morgan fingerprint density at radius 1 is 1.06 bits per heavy atom. The zero-order valence-corrected chi connectivity index (χ0v) is 19.5. The summed E-state index contributed by atoms with van der Waals surface area (Å²) in [6.07, 6.45) is 9.62. The number of aromatic nitrogens is 2. The molecule has 0 amide bonds. The number of quaternary nitrogens is 1. The molecule has 1 saturated carbocycles. The molecule has 0 radical (unpaired) electrons. The van der Waals surface area contributed by atoms with E-state index < -0.39 is 0 Å². The highest BCUT2D eigenvalue weighted by Crippen LogP contribution is 2.45. The van der Waals surface area contributed by atoms with Crippen LogP contribution in [-0.2, 0) is 0 Å². The van der Waals surface area contributed by atoms with Crippen molar-refractivity contribution in [3.63, 3.8) is 0 Å². The number of rotatable bonds is 5. The molecule has 4 heterocycles. The van der Waals surface area contributed by atoms with E-state index in [1.165, 1.54) is 0 Å². The average molecular weight is 451 g/mol. The summed E-state index contributed by atoms with van der Waals surface area (Å²) in [4.78, 5) is 21.1. The maximum Gasteiger partial charge on any atom is 0.264 e. The van der Waals surface area contributed by atoms with E-state index >= 15 is 0 Å². The van der Waals surface area contributed by atoms with Crippen LogP contribution in [0, 0.1) is 11.8 Å². The molecule has 1 atom stereocenters. The van der Waals surface area contributed by atoms with E-state index in [9.17, 15) is 0 Å². The van der Waals surface area contributed by atoms with Crippen LogP contribution in [0.3, 0.4) is 0 Å². The molecule has 6 rings (SSSR count). The molecular formula is C27H28N7+. The predicted molar refractivity (Wildman–Crippen MR) is 135 cm³/mol. The fourth-order valence-electron chi connectivity index (χ4n) is 5.24. The first-order valence-electron chi connectivity index (χ1n) is 11.7. The number of hydrogen-bond donors (Lipinski definition) is 1. The lowest BCUT2D eigenvalue weighted by atomic mass is 9.72. The van der Waals surface area contributed by atoms with Gasteiger partial charge in [0.1, 0.15) is 11.9 Å². The molecule has 3 aliphatic rings. The van der Waals surface area contributed by atoms with Crippen molar-refractivity contribution in [2.45, 2.75) is 12.8 Å². The lowest BCUT2D eigenvalue weighted by Crippen LogP contribution is -2.53. The van der Waals surface area contributed by atoms with E-state index in [1.807, 2.05) is 36.7 Å². The van der Waals surface area contributed by atoms with Crippen LogP contribution < -0.4 is 5.84 Å². The van der Waals surface area contributed by atoms with E-state index in [2.05, 4.69) is 53.2 Å². The first-order valence-corrected chi connectivity index (χ1v) is 11.7. The molecule has 1 fully saturated rings. The normalized spacial score (nSPS) is 25.6. The summed E-state index contributed by atoms with van der Waals surface area (Å²) in [5, 5.41) is 1.07. The molecule has 2 N–H and O–H groups in total. The topological polar surface area (TPSA) is 79.8 Å². The molecule has 7 heteroatoms. The van der Waals surface area contributed by atoms with Crippen LogP contribution in [0.1, 0.15) is 18.4 Å². The monoisotopic (exact) mass is 450 g/mol. The Morgan fingerprint density at radius 3 is 2.71 bits per heavy atom. The summed E-state index contributed by atoms with van der Waals surface area (Å²) in [6, 6.07) is 16.2. The molecule has 170 valence electrons. The number of nitrogens with two attached hydrogens (primary N) is 1. The summed E-state index contributed by atoms with van der Waals surface area (Å²) in [5.41, 5.74) is 5.62. The zero-order chi connectivity index (χ0) is 23.3. The number of fused-ring (bicyclic) bond motifs is 2. The highest BCUT2D eigenvalue weighted by molar-refractivity contribution is 6.02. The third kappa shape index (κ3) is 3.49. The first-order chi connectivity index (χ1) is 16.5. The third-order valence-corrected chi connectivity index (χ3v) is 6.95. The van der Waals surface area contributed by atoms with Gasteiger partial charge in [0, 0.05) is 24.0 Å². The van der Waals surface area contributed by atoms with Gasteiger partial charge in [-0.2, -0.15) is 10.8 Å². The van der Waals surface area contributed by atoms with Crippen LogP contribution in [0.15, 0.2) is 88.5 Å². The van der Waals surface area contributed by atoms with Crippen LogP contribution in [0.2, 0.25) is 0 Å². The molecule has 0 spiro atoms. The summed E-state index contributed by atoms with van der Waals surface area (Å²) in [5.74, 6) is 8.90. The number of amidine groups is 1. The molecule has 0 saturated heterocycles. The summed E-state index contributed by atoms with van der Waals surface area (Å²) in [6.45, 7) is 1.11. The molecule has 1 unspecified atom stereocenters. The largest absolute Gasteiger partial charge is 0.309 e. The standard InChI is InChI=1S/C27H28N7/c1-33(2)17-18-13-21(14-18)26-25-16-29-11-12-34(25,28)27(32-26)20-7-6-19-8-9-23(31-24(19)15-20)22-5-3-4-10-30-22/h3-12,15-16,18,21H,13-14,17,28H2,1-2H3/q+1. The van der Waals surface area contributed by atoms with Crippen LogP contribution in [0.5, 0.6) is 0 Å². The second kappa shape index (κ2) is 8.06. The molecule has 1 aliphatic carbocycles. The van der Waals surface area contributed by atoms with Crippen LogP contribution in [-0.4, -0.2) is 52.2 Å². The fraction of sp³-hybridized carbons (Fsp3) is 0.259. The molecule has 0 bridgehead atoms. The molecule has 7 nitrogen and oxygen atoms in total. The maximum absolute atomic E-state index is 6.96. The molecule has 34 heavy (non-hydrogen) atoms. The Balaban J connectivity index is 1.37. The van der Waals surface area contributed by atoms with Gasteiger partial charge in [0.2, 0.25) is 5.70 Å². The minimum absolute atomic E-state index is 0.0547. The number of hydrogen-bond acceptors (Lipinski definition) is 6. The minimum atomic E-state index is 0.0547. The van der Waals surface area contributed by atoms with Gasteiger partial charge in [-0.05, 0) is 63.2 Å². The summed E-state index contributed by atoms with van der Waals surface area (Å²) >= 11 is 0. The minimum Gasteiger partial charge on any atom is -0.309 e. The summed E-state index contributed by atoms with van der Waals surface area (Å²) < 4.78 is 0.0547. The highest BCUT2D eigenvalue weighted by Gasteiger charge is 2.48. The van der Waals surface area contributed by atoms with Crippen molar-refractivity contribution in [2.75, 3.05) is 20.6 Å². The van der Waals surface area contributed by atoms with Gasteiger partial charge in [0.25, 0.3) is 5.84 Å². The van der Waals surface area contributed by atoms with Crippen LogP contribution in [0.25, 0.3) is 22.3 Å². The van der Waals surface area contributed by atoms with Gasteiger partial charge in [-0.25, -0.2) is 4.98 Å². The Morgan fingerprint density at radius 2 is 1.91 bits per heavy atom. The predicted octanol–water partition coefficient (Wildman–Crippen LogP) is 4.10. The van der Waals surface area contributed by atoms with E-state index in [4.69, 9.17) is 15.8 Å². The lowest BCUT2D eigenvalue weighted by molar-refractivity contribution is -0.750. The van der Waals surface area contributed by atoms with Gasteiger partial charge in [-0.15, -0.1) is 4.59 Å². The second-order valence-corrected chi connectivity index (χ2v) is 9.68. The molecule has 2 aliphatic heterocycles. The van der Waals surface area contributed by atoms with Crippen molar-refractivity contribution in [2.24, 2.45) is 27.7 Å². The third-order valence-electron chi connectivity index (χ3n) is 6.95. The Kier molecular flexibility index (Phi) is 4.99. The molecule has 3 aromatic rings. The van der Waals surface area contributed by atoms with Gasteiger partial charge in [-0.1, -0.05) is 18.2 Å². The Labute approximate surface area is 199 Å². The smallest absolute Gasteiger partial charge is 0.264 e. The van der Waals surface area contributed by atoms with Crippen molar-refractivity contribution in [1.82, 2.24) is 14.9 Å². The van der Waals surface area contributed by atoms with E-state index in [1.54, 1.807) is 12.4 Å². The number of aliphatic imine (C=N–C) groups is 2. The Hall–Kier alpha value is -3.52. The van der Waals surface area contributed by atoms with Crippen LogP contribution in [0.4, 0.5) is 0 Å². The van der Waals surface area contributed by atoms with Crippen molar-refractivity contribution >= 4 is 23.0 Å². The van der Waals surface area contributed by atoms with Gasteiger partial charge in [-0.3, -0.25) is 9.98 Å². The van der Waals surface area contributed by atoms with Gasteiger partial charge in [0.05, 0.1) is 34.9 Å². The first kappa shape index (κ1) is 21.0. The van der Waals surface area contributed by atoms with Crippen LogP contribution >= 0.6 is 0 Å². The van der Waals surface area contributed by atoms with E-state index in [-0.39, 0.29) is 4.59 Å². The van der Waals surface area contributed by atoms with E-state index in [0.29, 0.717) is 11.8 Å². The molecule has 1 aromatic carbocycles. The number of nitrogens with zero attached hydrogens (tertiary/aromatic N) is 6. The fourth-order valence-corrected chi connectivity index (χ4v) is 5.24. The van der Waals surface area contributed by atoms with Crippen molar-refractivity contribution in [1.29, 1.82) is 0 Å². The SMILES string of the molecule is CN(C)CC1CC(C2=C3C=NC=C[N+]3(N)C(c3ccc4ccc(-c5ccccn5)nc4c3)=N2)C1. The number of allylic oxidation sites excluding steroid dienone is 2. The number of pyridine rings is 2. The highest BCUT2D eigenvalue weighted by atomic mass is 15.6. The maximum atomic E-state index is 6.96. The van der Waals surface area contributed by atoms with Gasteiger partial charge < -0.3 is 4.90 Å². The number of benzene rings is 1.